The third-order valence-corrected chi connectivity index (χ3v) is 2.77. The molecule has 112 valence electrons. The molecule has 20 heavy (non-hydrogen) atoms. The molecule has 0 amide bonds. The molecule has 1 atom stereocenters. The number of aryl methyl sites for hydroxylation is 2. The summed E-state index contributed by atoms with van der Waals surface area (Å²) in [6.45, 7) is 4.11. The largest absolute Gasteiger partial charge is 0.465 e. The fraction of sp³-hybridized carbons (Fsp3) is 0.500. The minimum Gasteiger partial charge on any atom is -0.465 e. The summed E-state index contributed by atoms with van der Waals surface area (Å²) in [4.78, 5) is 11.8. The van der Waals surface area contributed by atoms with Gasteiger partial charge in [0, 0.05) is 0 Å². The molecule has 0 fully saturated rings. The molecule has 0 spiro atoms. The van der Waals surface area contributed by atoms with E-state index in [-0.39, 0.29) is 6.61 Å². The van der Waals surface area contributed by atoms with E-state index in [4.69, 9.17) is 4.74 Å². The van der Waals surface area contributed by atoms with Crippen LogP contribution in [0.1, 0.15) is 29.7 Å². The second-order valence-electron chi connectivity index (χ2n) is 4.54. The van der Waals surface area contributed by atoms with Crippen LogP contribution in [0.2, 0.25) is 0 Å². The van der Waals surface area contributed by atoms with E-state index in [9.17, 15) is 18.0 Å². The zero-order valence-electron chi connectivity index (χ0n) is 11.7. The Labute approximate surface area is 116 Å². The number of carbonyl (C=O) groups is 1. The summed E-state index contributed by atoms with van der Waals surface area (Å²) in [5, 5.41) is 2.22. The Morgan fingerprint density at radius 2 is 2.00 bits per heavy atom. The highest BCUT2D eigenvalue weighted by molar-refractivity contribution is 5.78. The lowest BCUT2D eigenvalue weighted by Crippen LogP contribution is -2.37. The molecule has 1 N–H and O–H groups in total. The van der Waals surface area contributed by atoms with Gasteiger partial charge in [-0.2, -0.15) is 13.2 Å². The number of ether oxygens (including phenoxy) is 1. The van der Waals surface area contributed by atoms with Crippen molar-refractivity contribution in [3.05, 3.63) is 34.9 Å². The lowest BCUT2D eigenvalue weighted by molar-refractivity contribution is -0.149. The molecule has 0 aliphatic heterocycles. The number of alkyl halides is 3. The first-order valence-corrected chi connectivity index (χ1v) is 6.28. The summed E-state index contributed by atoms with van der Waals surface area (Å²) in [5.74, 6) is -0.705. The zero-order valence-corrected chi connectivity index (χ0v) is 11.7. The Morgan fingerprint density at radius 3 is 2.50 bits per heavy atom. The SMILES string of the molecule is CCOC(=O)C(NCC(F)(F)F)c1ccc(C)cc1C. The number of esters is 1. The lowest BCUT2D eigenvalue weighted by atomic mass is 9.99. The predicted molar refractivity (Wildman–Crippen MR) is 69.3 cm³/mol. The van der Waals surface area contributed by atoms with E-state index in [2.05, 4.69) is 5.32 Å². The zero-order chi connectivity index (χ0) is 15.3. The maximum Gasteiger partial charge on any atom is 0.401 e. The quantitative estimate of drug-likeness (QED) is 0.847. The standard InChI is InChI=1S/C14H18F3NO2/c1-4-20-13(19)12(18-8-14(15,16)17)11-6-5-9(2)7-10(11)3/h5-7,12,18H,4,8H2,1-3H3. The maximum atomic E-state index is 12.3. The number of rotatable bonds is 5. The predicted octanol–water partition coefficient (Wildman–Crippen LogP) is 3.06. The van der Waals surface area contributed by atoms with E-state index < -0.39 is 24.7 Å². The lowest BCUT2D eigenvalue weighted by Gasteiger charge is -2.20. The van der Waals surface area contributed by atoms with E-state index in [1.807, 2.05) is 13.0 Å². The number of hydrogen-bond donors (Lipinski definition) is 1. The van der Waals surface area contributed by atoms with Gasteiger partial charge < -0.3 is 4.74 Å². The second-order valence-corrected chi connectivity index (χ2v) is 4.54. The average molecular weight is 289 g/mol. The molecule has 0 aliphatic carbocycles. The molecular weight excluding hydrogens is 271 g/mol. The molecule has 0 bridgehead atoms. The molecule has 1 aromatic carbocycles. The van der Waals surface area contributed by atoms with Gasteiger partial charge in [0.15, 0.2) is 0 Å². The molecule has 0 heterocycles. The Balaban J connectivity index is 3.00. The fourth-order valence-corrected chi connectivity index (χ4v) is 1.91. The molecule has 1 rings (SSSR count). The van der Waals surface area contributed by atoms with Crippen LogP contribution in [0.25, 0.3) is 0 Å². The topological polar surface area (TPSA) is 38.3 Å². The summed E-state index contributed by atoms with van der Waals surface area (Å²) in [5.41, 5.74) is 2.22. The van der Waals surface area contributed by atoms with Crippen molar-refractivity contribution in [1.82, 2.24) is 5.32 Å². The molecule has 1 aromatic rings. The van der Waals surface area contributed by atoms with Crippen LogP contribution in [0.3, 0.4) is 0 Å². The molecule has 0 aromatic heterocycles. The Bertz CT molecular complexity index is 472. The molecular formula is C14H18F3NO2. The number of nitrogens with one attached hydrogen (secondary N) is 1. The highest BCUT2D eigenvalue weighted by Gasteiger charge is 2.31. The second kappa shape index (κ2) is 6.74. The first-order chi connectivity index (χ1) is 9.24. The smallest absolute Gasteiger partial charge is 0.401 e. The van der Waals surface area contributed by atoms with Crippen molar-refractivity contribution in [2.24, 2.45) is 0 Å². The van der Waals surface area contributed by atoms with Crippen LogP contribution in [-0.2, 0) is 9.53 Å². The summed E-state index contributed by atoms with van der Waals surface area (Å²) in [6, 6.07) is 4.10. The van der Waals surface area contributed by atoms with E-state index in [1.54, 1.807) is 26.0 Å². The molecule has 3 nitrogen and oxygen atoms in total. The molecule has 6 heteroatoms. The minimum absolute atomic E-state index is 0.119. The first kappa shape index (κ1) is 16.5. The van der Waals surface area contributed by atoms with Crippen LogP contribution in [0.4, 0.5) is 13.2 Å². The molecule has 0 saturated heterocycles. The summed E-state index contributed by atoms with van der Waals surface area (Å²) >= 11 is 0. The molecule has 1 unspecified atom stereocenters. The summed E-state index contributed by atoms with van der Waals surface area (Å²) < 4.78 is 41.8. The number of hydrogen-bond acceptors (Lipinski definition) is 3. The number of halogens is 3. The first-order valence-electron chi connectivity index (χ1n) is 6.28. The van der Waals surface area contributed by atoms with Crippen molar-refractivity contribution in [2.75, 3.05) is 13.2 Å². The Morgan fingerprint density at radius 1 is 1.35 bits per heavy atom. The van der Waals surface area contributed by atoms with Gasteiger partial charge in [0.2, 0.25) is 0 Å². The van der Waals surface area contributed by atoms with Gasteiger partial charge in [0.25, 0.3) is 0 Å². The Hall–Kier alpha value is -1.56. The van der Waals surface area contributed by atoms with Crippen LogP contribution in [0.15, 0.2) is 18.2 Å². The van der Waals surface area contributed by atoms with Crippen LogP contribution in [0, 0.1) is 13.8 Å². The molecule has 0 radical (unpaired) electrons. The fourth-order valence-electron chi connectivity index (χ4n) is 1.91. The van der Waals surface area contributed by atoms with Gasteiger partial charge in [-0.15, -0.1) is 0 Å². The maximum absolute atomic E-state index is 12.3. The van der Waals surface area contributed by atoms with Gasteiger partial charge in [0.05, 0.1) is 13.2 Å². The third-order valence-electron chi connectivity index (χ3n) is 2.77. The van der Waals surface area contributed by atoms with E-state index in [1.165, 1.54) is 0 Å². The van der Waals surface area contributed by atoms with Crippen molar-refractivity contribution in [1.29, 1.82) is 0 Å². The monoisotopic (exact) mass is 289 g/mol. The van der Waals surface area contributed by atoms with Crippen LogP contribution >= 0.6 is 0 Å². The minimum atomic E-state index is -4.39. The van der Waals surface area contributed by atoms with Crippen LogP contribution in [-0.4, -0.2) is 25.3 Å². The van der Waals surface area contributed by atoms with Crippen LogP contribution in [0.5, 0.6) is 0 Å². The van der Waals surface area contributed by atoms with Gasteiger partial charge >= 0.3 is 12.1 Å². The van der Waals surface area contributed by atoms with Crippen molar-refractivity contribution in [2.45, 2.75) is 33.0 Å². The van der Waals surface area contributed by atoms with E-state index in [0.717, 1.165) is 11.1 Å². The van der Waals surface area contributed by atoms with E-state index >= 15 is 0 Å². The van der Waals surface area contributed by atoms with Gasteiger partial charge in [0.1, 0.15) is 6.04 Å². The van der Waals surface area contributed by atoms with Crippen molar-refractivity contribution in [3.8, 4) is 0 Å². The third kappa shape index (κ3) is 4.85. The van der Waals surface area contributed by atoms with Gasteiger partial charge in [-0.3, -0.25) is 5.32 Å². The highest BCUT2D eigenvalue weighted by Crippen LogP contribution is 2.22. The summed E-state index contributed by atoms with van der Waals surface area (Å²) in [6.07, 6.45) is -4.39. The Kier molecular flexibility index (Phi) is 5.56. The van der Waals surface area contributed by atoms with Crippen molar-refractivity contribution in [3.63, 3.8) is 0 Å². The number of carbonyl (C=O) groups excluding carboxylic acids is 1. The van der Waals surface area contributed by atoms with Crippen molar-refractivity contribution >= 4 is 5.97 Å². The van der Waals surface area contributed by atoms with Gasteiger partial charge in [-0.05, 0) is 31.9 Å². The average Bonchev–Trinajstić information content (AvgIpc) is 2.30. The molecule has 0 saturated carbocycles. The van der Waals surface area contributed by atoms with Gasteiger partial charge in [-0.1, -0.05) is 23.8 Å². The molecule has 0 aliphatic rings. The number of benzene rings is 1. The van der Waals surface area contributed by atoms with Crippen molar-refractivity contribution < 1.29 is 22.7 Å². The van der Waals surface area contributed by atoms with E-state index in [0.29, 0.717) is 5.56 Å². The van der Waals surface area contributed by atoms with Gasteiger partial charge in [-0.25, -0.2) is 4.79 Å². The summed E-state index contributed by atoms with van der Waals surface area (Å²) in [7, 11) is 0. The van der Waals surface area contributed by atoms with Crippen LogP contribution < -0.4 is 5.32 Å². The normalized spacial score (nSPS) is 13.1. The highest BCUT2D eigenvalue weighted by atomic mass is 19.4.